The SMILES string of the molecule is O=C(N[C@H]1CC[C@@H]2CN(c3cccc(C(F)(F)F)n3)C[C@@H]21)c1ccc(F)c(Cl)c1. The number of fused-ring (bicyclic) bond motifs is 1. The lowest BCUT2D eigenvalue weighted by molar-refractivity contribution is -0.141. The first-order valence-electron chi connectivity index (χ1n) is 9.27. The fraction of sp³-hybridized carbons (Fsp3) is 0.400. The molecule has 3 atom stereocenters. The second-order valence-electron chi connectivity index (χ2n) is 7.49. The minimum Gasteiger partial charge on any atom is -0.356 e. The van der Waals surface area contributed by atoms with Gasteiger partial charge in [-0.2, -0.15) is 13.2 Å². The summed E-state index contributed by atoms with van der Waals surface area (Å²) in [5, 5.41) is 2.85. The van der Waals surface area contributed by atoms with Crippen molar-refractivity contribution in [2.75, 3.05) is 18.0 Å². The van der Waals surface area contributed by atoms with Gasteiger partial charge in [0.2, 0.25) is 0 Å². The van der Waals surface area contributed by atoms with Crippen LogP contribution in [0.5, 0.6) is 0 Å². The Morgan fingerprint density at radius 1 is 1.17 bits per heavy atom. The third-order valence-electron chi connectivity index (χ3n) is 5.70. The zero-order chi connectivity index (χ0) is 20.8. The second kappa shape index (κ2) is 7.48. The average Bonchev–Trinajstić information content (AvgIpc) is 3.25. The van der Waals surface area contributed by atoms with Crippen molar-refractivity contribution in [3.8, 4) is 0 Å². The van der Waals surface area contributed by atoms with Crippen molar-refractivity contribution in [2.24, 2.45) is 11.8 Å². The highest BCUT2D eigenvalue weighted by atomic mass is 35.5. The van der Waals surface area contributed by atoms with Crippen molar-refractivity contribution in [1.82, 2.24) is 10.3 Å². The van der Waals surface area contributed by atoms with Gasteiger partial charge in [-0.15, -0.1) is 0 Å². The number of benzene rings is 1. The monoisotopic (exact) mass is 427 g/mol. The molecule has 2 fully saturated rings. The van der Waals surface area contributed by atoms with Crippen molar-refractivity contribution in [3.05, 3.63) is 58.5 Å². The average molecular weight is 428 g/mol. The summed E-state index contributed by atoms with van der Waals surface area (Å²) >= 11 is 5.75. The lowest BCUT2D eigenvalue weighted by Gasteiger charge is -2.23. The number of aromatic nitrogens is 1. The van der Waals surface area contributed by atoms with Gasteiger partial charge in [-0.25, -0.2) is 9.37 Å². The maximum Gasteiger partial charge on any atom is 0.433 e. The maximum absolute atomic E-state index is 13.3. The van der Waals surface area contributed by atoms with Crippen molar-refractivity contribution in [1.29, 1.82) is 0 Å². The van der Waals surface area contributed by atoms with Crippen LogP contribution < -0.4 is 10.2 Å². The molecule has 1 aliphatic heterocycles. The van der Waals surface area contributed by atoms with Crippen LogP contribution in [-0.4, -0.2) is 30.0 Å². The fourth-order valence-electron chi connectivity index (χ4n) is 4.28. The molecule has 1 amide bonds. The van der Waals surface area contributed by atoms with E-state index in [1.165, 1.54) is 18.2 Å². The van der Waals surface area contributed by atoms with E-state index in [-0.39, 0.29) is 34.4 Å². The number of anilines is 1. The Labute approximate surface area is 169 Å². The van der Waals surface area contributed by atoms with Gasteiger partial charge < -0.3 is 10.2 Å². The Morgan fingerprint density at radius 2 is 1.97 bits per heavy atom. The molecule has 1 saturated carbocycles. The molecule has 0 radical (unpaired) electrons. The smallest absolute Gasteiger partial charge is 0.356 e. The van der Waals surface area contributed by atoms with Crippen LogP contribution in [0.1, 0.15) is 28.9 Å². The number of rotatable bonds is 3. The van der Waals surface area contributed by atoms with E-state index >= 15 is 0 Å². The van der Waals surface area contributed by atoms with Crippen LogP contribution in [0.15, 0.2) is 36.4 Å². The molecule has 29 heavy (non-hydrogen) atoms. The van der Waals surface area contributed by atoms with Gasteiger partial charge >= 0.3 is 6.18 Å². The molecule has 1 saturated heterocycles. The maximum atomic E-state index is 13.3. The largest absolute Gasteiger partial charge is 0.433 e. The molecule has 154 valence electrons. The number of carbonyl (C=O) groups excluding carboxylic acids is 1. The molecule has 2 aromatic rings. The summed E-state index contributed by atoms with van der Waals surface area (Å²) < 4.78 is 52.1. The Balaban J connectivity index is 1.45. The summed E-state index contributed by atoms with van der Waals surface area (Å²) in [5.41, 5.74) is -0.639. The number of carbonyl (C=O) groups is 1. The lowest BCUT2D eigenvalue weighted by atomic mass is 9.97. The number of nitrogens with one attached hydrogen (secondary N) is 1. The highest BCUT2D eigenvalue weighted by molar-refractivity contribution is 6.31. The molecular formula is C20H18ClF4N3O. The molecular weight excluding hydrogens is 410 g/mol. The number of nitrogens with zero attached hydrogens (tertiary/aromatic N) is 2. The number of amides is 1. The summed E-state index contributed by atoms with van der Waals surface area (Å²) in [6, 6.07) is 7.58. The first kappa shape index (κ1) is 19.9. The van der Waals surface area contributed by atoms with E-state index in [1.54, 1.807) is 6.07 Å². The third-order valence-corrected chi connectivity index (χ3v) is 5.99. The van der Waals surface area contributed by atoms with E-state index in [2.05, 4.69) is 10.3 Å². The molecule has 2 heterocycles. The number of hydrogen-bond acceptors (Lipinski definition) is 3. The van der Waals surface area contributed by atoms with Gasteiger partial charge in [-0.05, 0) is 49.1 Å². The zero-order valence-electron chi connectivity index (χ0n) is 15.2. The summed E-state index contributed by atoms with van der Waals surface area (Å²) in [4.78, 5) is 18.1. The van der Waals surface area contributed by atoms with Gasteiger partial charge in [0.1, 0.15) is 17.3 Å². The Bertz CT molecular complexity index is 936. The van der Waals surface area contributed by atoms with Crippen LogP contribution in [0.4, 0.5) is 23.4 Å². The van der Waals surface area contributed by atoms with Crippen molar-refractivity contribution < 1.29 is 22.4 Å². The molecule has 9 heteroatoms. The summed E-state index contributed by atoms with van der Waals surface area (Å²) in [6.45, 7) is 1.13. The van der Waals surface area contributed by atoms with Gasteiger partial charge in [-0.1, -0.05) is 17.7 Å². The van der Waals surface area contributed by atoms with Crippen LogP contribution in [0.25, 0.3) is 0 Å². The van der Waals surface area contributed by atoms with Gasteiger partial charge in [0.05, 0.1) is 5.02 Å². The van der Waals surface area contributed by atoms with Crippen LogP contribution in [0, 0.1) is 17.7 Å². The molecule has 0 unspecified atom stereocenters. The lowest BCUT2D eigenvalue weighted by Crippen LogP contribution is -2.39. The summed E-state index contributed by atoms with van der Waals surface area (Å²) in [5.74, 6) is -0.248. The number of hydrogen-bond donors (Lipinski definition) is 1. The Kier molecular flexibility index (Phi) is 5.14. The van der Waals surface area contributed by atoms with Crippen molar-refractivity contribution >= 4 is 23.3 Å². The molecule has 1 N–H and O–H groups in total. The van der Waals surface area contributed by atoms with E-state index < -0.39 is 17.7 Å². The number of halogens is 5. The number of alkyl halides is 3. The number of pyridine rings is 1. The first-order valence-corrected chi connectivity index (χ1v) is 9.65. The first-order chi connectivity index (χ1) is 13.7. The fourth-order valence-corrected chi connectivity index (χ4v) is 4.46. The van der Waals surface area contributed by atoms with Crippen molar-refractivity contribution in [3.63, 3.8) is 0 Å². The van der Waals surface area contributed by atoms with E-state index in [9.17, 15) is 22.4 Å². The van der Waals surface area contributed by atoms with Gasteiger partial charge in [0.15, 0.2) is 0 Å². The highest BCUT2D eigenvalue weighted by Crippen LogP contribution is 2.40. The van der Waals surface area contributed by atoms with E-state index in [0.717, 1.165) is 25.0 Å². The molecule has 4 rings (SSSR count). The molecule has 4 nitrogen and oxygen atoms in total. The minimum absolute atomic E-state index is 0.105. The van der Waals surface area contributed by atoms with Crippen LogP contribution in [-0.2, 0) is 6.18 Å². The minimum atomic E-state index is -4.49. The zero-order valence-corrected chi connectivity index (χ0v) is 16.0. The van der Waals surface area contributed by atoms with Gasteiger partial charge in [-0.3, -0.25) is 4.79 Å². The quantitative estimate of drug-likeness (QED) is 0.732. The van der Waals surface area contributed by atoms with Crippen LogP contribution >= 0.6 is 11.6 Å². The summed E-state index contributed by atoms with van der Waals surface area (Å²) in [7, 11) is 0. The molecule has 0 spiro atoms. The van der Waals surface area contributed by atoms with Gasteiger partial charge in [0.25, 0.3) is 5.91 Å². The molecule has 1 aromatic heterocycles. The van der Waals surface area contributed by atoms with E-state index in [1.807, 2.05) is 4.90 Å². The predicted molar refractivity (Wildman–Crippen MR) is 100 cm³/mol. The van der Waals surface area contributed by atoms with Gasteiger partial charge in [0, 0.05) is 30.6 Å². The Hall–Kier alpha value is -2.35. The highest BCUT2D eigenvalue weighted by Gasteiger charge is 2.44. The topological polar surface area (TPSA) is 45.2 Å². The normalized spacial score (nSPS) is 23.9. The molecule has 1 aliphatic carbocycles. The molecule has 0 bridgehead atoms. The molecule has 2 aliphatic rings. The van der Waals surface area contributed by atoms with E-state index in [0.29, 0.717) is 18.9 Å². The third kappa shape index (κ3) is 4.03. The summed E-state index contributed by atoms with van der Waals surface area (Å²) in [6.07, 6.45) is -2.83. The molecule has 1 aromatic carbocycles. The Morgan fingerprint density at radius 3 is 2.69 bits per heavy atom. The predicted octanol–water partition coefficient (Wildman–Crippen LogP) is 4.54. The van der Waals surface area contributed by atoms with Crippen LogP contribution in [0.3, 0.4) is 0 Å². The second-order valence-corrected chi connectivity index (χ2v) is 7.90. The van der Waals surface area contributed by atoms with Crippen LogP contribution in [0.2, 0.25) is 5.02 Å². The van der Waals surface area contributed by atoms with E-state index in [4.69, 9.17) is 11.6 Å². The standard InChI is InChI=1S/C20H18ClF4N3O/c21-14-8-11(4-6-15(14)22)19(29)26-16-7-5-12-9-28(10-13(12)16)18-3-1-2-17(27-18)20(23,24)25/h1-4,6,8,12-13,16H,5,7,9-10H2,(H,26,29)/t12-,13+,16+/m1/s1. The van der Waals surface area contributed by atoms with Crippen molar-refractivity contribution in [2.45, 2.75) is 25.1 Å².